The van der Waals surface area contributed by atoms with Gasteiger partial charge in [-0.2, -0.15) is 0 Å². The minimum absolute atomic E-state index is 0.271. The standard InChI is InChI=1S/C25H26N4O3/c1-31-19-12-10-17(11-13-19)15-23(24-27-21-8-3-4-9-22(21)28-24)29-25(30)26-16-18-6-5-7-20(14-18)32-2/h3-14,23H,15-16H2,1-2H3,(H,27,28)(H2,26,29,30)/t23-/m1/s1. The van der Waals surface area contributed by atoms with Gasteiger partial charge in [0.05, 0.1) is 31.3 Å². The summed E-state index contributed by atoms with van der Waals surface area (Å²) in [5.74, 6) is 2.25. The number of imidazole rings is 1. The molecule has 4 aromatic rings. The second-order valence-corrected chi connectivity index (χ2v) is 7.42. The lowest BCUT2D eigenvalue weighted by Crippen LogP contribution is -2.38. The lowest BCUT2D eigenvalue weighted by molar-refractivity contribution is 0.236. The number of hydrogen-bond donors (Lipinski definition) is 3. The average Bonchev–Trinajstić information content (AvgIpc) is 3.27. The van der Waals surface area contributed by atoms with Crippen LogP contribution in [0.4, 0.5) is 4.79 Å². The van der Waals surface area contributed by atoms with Crippen molar-refractivity contribution in [3.05, 3.63) is 89.7 Å². The summed E-state index contributed by atoms with van der Waals surface area (Å²) in [6.45, 7) is 0.387. The van der Waals surface area contributed by atoms with Crippen LogP contribution >= 0.6 is 0 Å². The fraction of sp³-hybridized carbons (Fsp3) is 0.200. The number of ether oxygens (including phenoxy) is 2. The molecule has 3 aromatic carbocycles. The van der Waals surface area contributed by atoms with Crippen LogP contribution in [-0.4, -0.2) is 30.2 Å². The summed E-state index contributed by atoms with van der Waals surface area (Å²) >= 11 is 0. The van der Waals surface area contributed by atoms with Gasteiger partial charge in [0.2, 0.25) is 0 Å². The fourth-order valence-corrected chi connectivity index (χ4v) is 3.52. The first kappa shape index (κ1) is 21.2. The van der Waals surface area contributed by atoms with Gasteiger partial charge in [-0.15, -0.1) is 0 Å². The Bertz CT molecular complexity index is 1150. The predicted octanol–water partition coefficient (Wildman–Crippen LogP) is 4.36. The number of nitrogens with zero attached hydrogens (tertiary/aromatic N) is 1. The molecule has 1 atom stereocenters. The van der Waals surface area contributed by atoms with E-state index in [4.69, 9.17) is 14.5 Å². The van der Waals surface area contributed by atoms with Crippen LogP contribution in [0.5, 0.6) is 11.5 Å². The van der Waals surface area contributed by atoms with E-state index in [0.717, 1.165) is 33.7 Å². The largest absolute Gasteiger partial charge is 0.497 e. The zero-order chi connectivity index (χ0) is 22.3. The number of benzene rings is 3. The second-order valence-electron chi connectivity index (χ2n) is 7.42. The molecule has 2 amide bonds. The van der Waals surface area contributed by atoms with Crippen molar-refractivity contribution < 1.29 is 14.3 Å². The van der Waals surface area contributed by atoms with Crippen molar-refractivity contribution in [2.75, 3.05) is 14.2 Å². The second kappa shape index (κ2) is 9.87. The SMILES string of the molecule is COc1ccc(C[C@@H](NC(=O)NCc2cccc(OC)c2)c2nc3ccccc3[nH]2)cc1. The summed E-state index contributed by atoms with van der Waals surface area (Å²) in [4.78, 5) is 20.8. The first-order valence-electron chi connectivity index (χ1n) is 10.4. The Hall–Kier alpha value is -4.00. The zero-order valence-electron chi connectivity index (χ0n) is 18.1. The van der Waals surface area contributed by atoms with Gasteiger partial charge in [0.1, 0.15) is 17.3 Å². The molecule has 0 saturated heterocycles. The predicted molar refractivity (Wildman–Crippen MR) is 124 cm³/mol. The Morgan fingerprint density at radius 1 is 0.938 bits per heavy atom. The number of nitrogens with one attached hydrogen (secondary N) is 3. The molecule has 0 bridgehead atoms. The van der Waals surface area contributed by atoms with E-state index in [2.05, 4.69) is 15.6 Å². The molecule has 0 saturated carbocycles. The number of carbonyl (C=O) groups excluding carboxylic acids is 1. The number of H-pyrrole nitrogens is 1. The summed E-state index contributed by atoms with van der Waals surface area (Å²) in [5.41, 5.74) is 3.81. The van der Waals surface area contributed by atoms with Crippen LogP contribution in [0.2, 0.25) is 0 Å². The lowest BCUT2D eigenvalue weighted by atomic mass is 10.1. The molecular weight excluding hydrogens is 404 g/mol. The third kappa shape index (κ3) is 5.18. The highest BCUT2D eigenvalue weighted by Crippen LogP contribution is 2.21. The number of hydrogen-bond acceptors (Lipinski definition) is 4. The van der Waals surface area contributed by atoms with E-state index >= 15 is 0 Å². The highest BCUT2D eigenvalue weighted by Gasteiger charge is 2.19. The van der Waals surface area contributed by atoms with E-state index in [1.165, 1.54) is 0 Å². The van der Waals surface area contributed by atoms with Crippen molar-refractivity contribution in [1.29, 1.82) is 0 Å². The monoisotopic (exact) mass is 430 g/mol. The highest BCUT2D eigenvalue weighted by atomic mass is 16.5. The zero-order valence-corrected chi connectivity index (χ0v) is 18.1. The van der Waals surface area contributed by atoms with Gasteiger partial charge >= 0.3 is 6.03 Å². The number of methoxy groups -OCH3 is 2. The maximum absolute atomic E-state index is 12.7. The molecule has 1 heterocycles. The molecule has 3 N–H and O–H groups in total. The van der Waals surface area contributed by atoms with Crippen molar-refractivity contribution in [1.82, 2.24) is 20.6 Å². The summed E-state index contributed by atoms with van der Waals surface area (Å²) in [6, 6.07) is 22.6. The van der Waals surface area contributed by atoms with Crippen molar-refractivity contribution in [2.45, 2.75) is 19.0 Å². The van der Waals surface area contributed by atoms with Gasteiger partial charge in [0.15, 0.2) is 0 Å². The minimum atomic E-state index is -0.332. The summed E-state index contributed by atoms with van der Waals surface area (Å²) < 4.78 is 10.5. The summed E-state index contributed by atoms with van der Waals surface area (Å²) in [7, 11) is 3.26. The highest BCUT2D eigenvalue weighted by molar-refractivity contribution is 5.76. The van der Waals surface area contributed by atoms with Crippen LogP contribution < -0.4 is 20.1 Å². The van der Waals surface area contributed by atoms with Crippen molar-refractivity contribution in [2.24, 2.45) is 0 Å². The number of fused-ring (bicyclic) bond motifs is 1. The van der Waals surface area contributed by atoms with Crippen LogP contribution in [0.25, 0.3) is 11.0 Å². The number of rotatable bonds is 8. The Kier molecular flexibility index (Phi) is 6.55. The summed E-state index contributed by atoms with van der Waals surface area (Å²) in [5, 5.41) is 5.98. The smallest absolute Gasteiger partial charge is 0.315 e. The Morgan fingerprint density at radius 2 is 1.72 bits per heavy atom. The molecule has 0 fully saturated rings. The van der Waals surface area contributed by atoms with Gasteiger partial charge in [0, 0.05) is 6.54 Å². The Morgan fingerprint density at radius 3 is 2.47 bits per heavy atom. The topological polar surface area (TPSA) is 88.3 Å². The molecule has 4 rings (SSSR count). The molecule has 32 heavy (non-hydrogen) atoms. The molecule has 0 aliphatic rings. The number of aromatic nitrogens is 2. The average molecular weight is 431 g/mol. The number of aromatic amines is 1. The van der Waals surface area contributed by atoms with E-state index in [1.807, 2.05) is 72.8 Å². The molecule has 0 spiro atoms. The normalized spacial score (nSPS) is 11.7. The van der Waals surface area contributed by atoms with Gasteiger partial charge in [-0.25, -0.2) is 9.78 Å². The lowest BCUT2D eigenvalue weighted by Gasteiger charge is -2.18. The van der Waals surface area contributed by atoms with E-state index < -0.39 is 0 Å². The first-order valence-corrected chi connectivity index (χ1v) is 10.4. The van der Waals surface area contributed by atoms with Crippen molar-refractivity contribution >= 4 is 17.1 Å². The first-order chi connectivity index (χ1) is 15.6. The number of para-hydroxylation sites is 2. The molecule has 0 unspecified atom stereocenters. The van der Waals surface area contributed by atoms with Gasteiger partial charge in [-0.3, -0.25) is 0 Å². The maximum atomic E-state index is 12.7. The number of amides is 2. The summed E-state index contributed by atoms with van der Waals surface area (Å²) in [6.07, 6.45) is 0.580. The molecule has 1 aromatic heterocycles. The third-order valence-corrected chi connectivity index (χ3v) is 5.23. The fourth-order valence-electron chi connectivity index (χ4n) is 3.52. The van der Waals surface area contributed by atoms with Gasteiger partial charge in [0.25, 0.3) is 0 Å². The van der Waals surface area contributed by atoms with Crippen LogP contribution in [0.3, 0.4) is 0 Å². The molecule has 7 nitrogen and oxygen atoms in total. The third-order valence-electron chi connectivity index (χ3n) is 5.23. The van der Waals surface area contributed by atoms with Crippen molar-refractivity contribution in [3.63, 3.8) is 0 Å². The maximum Gasteiger partial charge on any atom is 0.315 e. The number of urea groups is 1. The van der Waals surface area contributed by atoms with Gasteiger partial charge in [-0.05, 0) is 53.9 Å². The van der Waals surface area contributed by atoms with Crippen LogP contribution in [-0.2, 0) is 13.0 Å². The number of carbonyl (C=O) groups is 1. The van der Waals surface area contributed by atoms with Gasteiger partial charge in [-0.1, -0.05) is 36.4 Å². The van der Waals surface area contributed by atoms with E-state index in [0.29, 0.717) is 18.8 Å². The van der Waals surface area contributed by atoms with E-state index in [-0.39, 0.29) is 12.1 Å². The quantitative estimate of drug-likeness (QED) is 0.387. The van der Waals surface area contributed by atoms with Crippen molar-refractivity contribution in [3.8, 4) is 11.5 Å². The van der Waals surface area contributed by atoms with Crippen LogP contribution in [0.1, 0.15) is 23.0 Å². The molecule has 0 radical (unpaired) electrons. The van der Waals surface area contributed by atoms with Crippen LogP contribution in [0, 0.1) is 0 Å². The van der Waals surface area contributed by atoms with E-state index in [1.54, 1.807) is 14.2 Å². The van der Waals surface area contributed by atoms with E-state index in [9.17, 15) is 4.79 Å². The molecule has 164 valence electrons. The molecule has 0 aliphatic heterocycles. The van der Waals surface area contributed by atoms with Gasteiger partial charge < -0.3 is 25.1 Å². The Labute approximate surface area is 186 Å². The molecule has 7 heteroatoms. The Balaban J connectivity index is 1.50. The minimum Gasteiger partial charge on any atom is -0.497 e. The van der Waals surface area contributed by atoms with Crippen LogP contribution in [0.15, 0.2) is 72.8 Å². The molecular formula is C25H26N4O3. The molecule has 0 aliphatic carbocycles.